The molecule has 0 aliphatic heterocycles. The summed E-state index contributed by atoms with van der Waals surface area (Å²) in [5.41, 5.74) is 1.73. The van der Waals surface area contributed by atoms with Crippen LogP contribution in [0, 0.1) is 0 Å². The second kappa shape index (κ2) is 7.13. The highest BCUT2D eigenvalue weighted by molar-refractivity contribution is 5.94. The summed E-state index contributed by atoms with van der Waals surface area (Å²) in [4.78, 5) is 13.5. The zero-order valence-electron chi connectivity index (χ0n) is 11.5. The number of carbonyl (C=O) groups is 1. The third kappa shape index (κ3) is 4.13. The Labute approximate surface area is 108 Å². The van der Waals surface area contributed by atoms with E-state index in [2.05, 4.69) is 4.90 Å². The van der Waals surface area contributed by atoms with E-state index in [-0.39, 0.29) is 5.78 Å². The second-order valence-electron chi connectivity index (χ2n) is 4.31. The fourth-order valence-corrected chi connectivity index (χ4v) is 1.74. The first kappa shape index (κ1) is 14.7. The van der Waals surface area contributed by atoms with E-state index < -0.39 is 0 Å². The zero-order chi connectivity index (χ0) is 13.5. The average Bonchev–Trinajstić information content (AvgIpc) is 2.36. The van der Waals surface area contributed by atoms with Crippen LogP contribution in [0.15, 0.2) is 18.2 Å². The van der Waals surface area contributed by atoms with Gasteiger partial charge in [-0.1, -0.05) is 0 Å². The van der Waals surface area contributed by atoms with Crippen LogP contribution in [0.25, 0.3) is 0 Å². The number of likely N-dealkylation sites (N-methyl/N-ethyl adjacent to an activating group) is 1. The Morgan fingerprint density at radius 3 is 2.61 bits per heavy atom. The van der Waals surface area contributed by atoms with Crippen LogP contribution in [0.4, 0.5) is 0 Å². The molecule has 4 heteroatoms. The van der Waals surface area contributed by atoms with Gasteiger partial charge in [0.25, 0.3) is 0 Å². The van der Waals surface area contributed by atoms with E-state index in [1.54, 1.807) is 27.2 Å². The SMILES string of the molecule is COCCN(C)Cc1cc(C(C)=O)ccc1OC. The van der Waals surface area contributed by atoms with Crippen molar-refractivity contribution in [1.82, 2.24) is 4.90 Å². The van der Waals surface area contributed by atoms with Gasteiger partial charge in [-0.15, -0.1) is 0 Å². The molecule has 0 fully saturated rings. The van der Waals surface area contributed by atoms with Crippen molar-refractivity contribution in [1.29, 1.82) is 0 Å². The van der Waals surface area contributed by atoms with Gasteiger partial charge in [-0.3, -0.25) is 9.69 Å². The minimum Gasteiger partial charge on any atom is -0.496 e. The molecule has 4 nitrogen and oxygen atoms in total. The van der Waals surface area contributed by atoms with Crippen LogP contribution in [0.2, 0.25) is 0 Å². The molecule has 0 aliphatic rings. The van der Waals surface area contributed by atoms with Gasteiger partial charge in [0.1, 0.15) is 5.75 Å². The van der Waals surface area contributed by atoms with Crippen molar-refractivity contribution in [2.75, 3.05) is 34.4 Å². The van der Waals surface area contributed by atoms with E-state index >= 15 is 0 Å². The Balaban J connectivity index is 2.84. The topological polar surface area (TPSA) is 38.8 Å². The number of hydrogen-bond acceptors (Lipinski definition) is 4. The molecule has 0 bridgehead atoms. The summed E-state index contributed by atoms with van der Waals surface area (Å²) in [7, 11) is 5.34. The molecule has 1 aromatic carbocycles. The van der Waals surface area contributed by atoms with Gasteiger partial charge in [-0.2, -0.15) is 0 Å². The van der Waals surface area contributed by atoms with Crippen molar-refractivity contribution in [3.05, 3.63) is 29.3 Å². The van der Waals surface area contributed by atoms with Gasteiger partial charge >= 0.3 is 0 Å². The molecule has 0 unspecified atom stereocenters. The maximum atomic E-state index is 11.4. The van der Waals surface area contributed by atoms with Crippen LogP contribution >= 0.6 is 0 Å². The summed E-state index contributed by atoms with van der Waals surface area (Å²) in [6, 6.07) is 5.53. The number of rotatable bonds is 7. The first-order chi connectivity index (χ1) is 8.58. The number of carbonyl (C=O) groups excluding carboxylic acids is 1. The lowest BCUT2D eigenvalue weighted by Crippen LogP contribution is -2.22. The molecular formula is C14H21NO3. The lowest BCUT2D eigenvalue weighted by atomic mass is 10.1. The summed E-state index contributed by atoms with van der Waals surface area (Å²) in [5.74, 6) is 0.878. The number of nitrogens with zero attached hydrogens (tertiary/aromatic N) is 1. The largest absolute Gasteiger partial charge is 0.496 e. The van der Waals surface area contributed by atoms with Crippen LogP contribution in [-0.2, 0) is 11.3 Å². The van der Waals surface area contributed by atoms with E-state index in [0.29, 0.717) is 12.2 Å². The van der Waals surface area contributed by atoms with E-state index in [1.807, 2.05) is 19.2 Å². The minimum absolute atomic E-state index is 0.0680. The molecule has 0 saturated carbocycles. The smallest absolute Gasteiger partial charge is 0.159 e. The van der Waals surface area contributed by atoms with Gasteiger partial charge in [0.2, 0.25) is 0 Å². The fourth-order valence-electron chi connectivity index (χ4n) is 1.74. The van der Waals surface area contributed by atoms with Gasteiger partial charge in [0.15, 0.2) is 5.78 Å². The van der Waals surface area contributed by atoms with Crippen LogP contribution in [0.1, 0.15) is 22.8 Å². The van der Waals surface area contributed by atoms with Crippen molar-refractivity contribution < 1.29 is 14.3 Å². The van der Waals surface area contributed by atoms with E-state index in [0.717, 1.165) is 24.4 Å². The Hall–Kier alpha value is -1.39. The van der Waals surface area contributed by atoms with Crippen molar-refractivity contribution in [2.45, 2.75) is 13.5 Å². The van der Waals surface area contributed by atoms with E-state index in [4.69, 9.17) is 9.47 Å². The van der Waals surface area contributed by atoms with Crippen LogP contribution in [-0.4, -0.2) is 45.1 Å². The van der Waals surface area contributed by atoms with Gasteiger partial charge < -0.3 is 9.47 Å². The molecule has 0 N–H and O–H groups in total. The summed E-state index contributed by atoms with van der Waals surface area (Å²) in [5, 5.41) is 0. The lowest BCUT2D eigenvalue weighted by molar-refractivity contribution is 0.101. The lowest BCUT2D eigenvalue weighted by Gasteiger charge is -2.18. The summed E-state index contributed by atoms with van der Waals surface area (Å²) < 4.78 is 10.4. The third-order valence-corrected chi connectivity index (χ3v) is 2.80. The minimum atomic E-state index is 0.0680. The maximum absolute atomic E-state index is 11.4. The Morgan fingerprint density at radius 1 is 1.33 bits per heavy atom. The first-order valence-corrected chi connectivity index (χ1v) is 5.93. The van der Waals surface area contributed by atoms with Crippen molar-refractivity contribution >= 4 is 5.78 Å². The van der Waals surface area contributed by atoms with Gasteiger partial charge in [0.05, 0.1) is 13.7 Å². The monoisotopic (exact) mass is 251 g/mol. The Morgan fingerprint density at radius 2 is 2.06 bits per heavy atom. The van der Waals surface area contributed by atoms with Gasteiger partial charge in [-0.05, 0) is 32.2 Å². The molecule has 0 radical (unpaired) electrons. The van der Waals surface area contributed by atoms with Crippen LogP contribution in [0.3, 0.4) is 0 Å². The van der Waals surface area contributed by atoms with Crippen LogP contribution in [0.5, 0.6) is 5.75 Å². The highest BCUT2D eigenvalue weighted by Gasteiger charge is 2.09. The fraction of sp³-hybridized carbons (Fsp3) is 0.500. The van der Waals surface area contributed by atoms with E-state index in [9.17, 15) is 4.79 Å². The molecule has 0 amide bonds. The molecule has 0 atom stereocenters. The maximum Gasteiger partial charge on any atom is 0.159 e. The molecule has 0 aliphatic carbocycles. The number of Topliss-reactive ketones (excluding diaryl/α,β-unsaturated/α-hetero) is 1. The molecule has 0 aromatic heterocycles. The molecule has 0 heterocycles. The van der Waals surface area contributed by atoms with E-state index in [1.165, 1.54) is 0 Å². The standard InChI is InChI=1S/C14H21NO3/c1-11(16)12-5-6-14(18-4)13(9-12)10-15(2)7-8-17-3/h5-6,9H,7-8,10H2,1-4H3. The molecular weight excluding hydrogens is 230 g/mol. The number of ether oxygens (including phenoxy) is 2. The predicted molar refractivity (Wildman–Crippen MR) is 71.2 cm³/mol. The van der Waals surface area contributed by atoms with Gasteiger partial charge in [0, 0.05) is 31.3 Å². The van der Waals surface area contributed by atoms with Crippen molar-refractivity contribution in [3.63, 3.8) is 0 Å². The Bertz CT molecular complexity index is 404. The number of benzene rings is 1. The highest BCUT2D eigenvalue weighted by atomic mass is 16.5. The normalized spacial score (nSPS) is 10.7. The highest BCUT2D eigenvalue weighted by Crippen LogP contribution is 2.21. The zero-order valence-corrected chi connectivity index (χ0v) is 11.5. The molecule has 1 aromatic rings. The number of hydrogen-bond donors (Lipinski definition) is 0. The number of ketones is 1. The molecule has 18 heavy (non-hydrogen) atoms. The summed E-state index contributed by atoms with van der Waals surface area (Å²) in [6.45, 7) is 3.82. The number of methoxy groups -OCH3 is 2. The van der Waals surface area contributed by atoms with Crippen LogP contribution < -0.4 is 4.74 Å². The summed E-state index contributed by atoms with van der Waals surface area (Å²) >= 11 is 0. The molecule has 100 valence electrons. The summed E-state index contributed by atoms with van der Waals surface area (Å²) in [6.07, 6.45) is 0. The first-order valence-electron chi connectivity index (χ1n) is 5.93. The molecule has 0 spiro atoms. The Kier molecular flexibility index (Phi) is 5.82. The van der Waals surface area contributed by atoms with Crippen molar-refractivity contribution in [3.8, 4) is 5.75 Å². The molecule has 0 saturated heterocycles. The quantitative estimate of drug-likeness (QED) is 0.695. The molecule has 1 rings (SSSR count). The third-order valence-electron chi connectivity index (χ3n) is 2.80. The average molecular weight is 251 g/mol. The second-order valence-corrected chi connectivity index (χ2v) is 4.31. The van der Waals surface area contributed by atoms with Crippen molar-refractivity contribution in [2.24, 2.45) is 0 Å². The van der Waals surface area contributed by atoms with Gasteiger partial charge in [-0.25, -0.2) is 0 Å². The predicted octanol–water partition coefficient (Wildman–Crippen LogP) is 1.98.